The number of aliphatic carboxylic acids is 1. The predicted molar refractivity (Wildman–Crippen MR) is 76.5 cm³/mol. The first-order valence-corrected chi connectivity index (χ1v) is 7.72. The van der Waals surface area contributed by atoms with Crippen LogP contribution >= 0.6 is 0 Å². The number of nitrogens with zero attached hydrogens (tertiary/aromatic N) is 1. The summed E-state index contributed by atoms with van der Waals surface area (Å²) in [5.41, 5.74) is 0.262. The molecule has 0 aromatic carbocycles. The summed E-state index contributed by atoms with van der Waals surface area (Å²) in [6.07, 6.45) is 5.08. The average molecular weight is 282 g/mol. The van der Waals surface area contributed by atoms with E-state index >= 15 is 0 Å². The first-order valence-electron chi connectivity index (χ1n) is 7.72. The van der Waals surface area contributed by atoms with Gasteiger partial charge in [-0.05, 0) is 43.9 Å². The molecule has 1 saturated carbocycles. The fraction of sp³-hybridized carbons (Fsp3) is 0.867. The predicted octanol–water partition coefficient (Wildman–Crippen LogP) is 2.46. The number of hydrogen-bond donors (Lipinski definition) is 2. The maximum atomic E-state index is 12.2. The van der Waals surface area contributed by atoms with E-state index in [1.807, 2.05) is 4.90 Å². The van der Waals surface area contributed by atoms with Crippen LogP contribution in [0.3, 0.4) is 0 Å². The first kappa shape index (κ1) is 15.1. The van der Waals surface area contributed by atoms with Gasteiger partial charge in [0, 0.05) is 19.1 Å². The van der Waals surface area contributed by atoms with Gasteiger partial charge in [-0.2, -0.15) is 0 Å². The molecular weight excluding hydrogens is 256 g/mol. The molecule has 1 aliphatic carbocycles. The Kier molecular flexibility index (Phi) is 4.55. The van der Waals surface area contributed by atoms with Crippen molar-refractivity contribution in [2.45, 2.75) is 58.4 Å². The van der Waals surface area contributed by atoms with Crippen molar-refractivity contribution in [1.82, 2.24) is 10.2 Å². The van der Waals surface area contributed by atoms with Crippen molar-refractivity contribution in [1.29, 1.82) is 0 Å². The average Bonchev–Trinajstić information content (AvgIpc) is 2.83. The molecule has 1 saturated heterocycles. The van der Waals surface area contributed by atoms with Gasteiger partial charge in [-0.3, -0.25) is 4.79 Å². The number of carboxylic acids is 1. The van der Waals surface area contributed by atoms with Crippen LogP contribution in [0.5, 0.6) is 0 Å². The Morgan fingerprint density at radius 2 is 1.95 bits per heavy atom. The number of carbonyl (C=O) groups excluding carboxylic acids is 1. The Morgan fingerprint density at radius 1 is 1.30 bits per heavy atom. The minimum Gasteiger partial charge on any atom is -0.481 e. The molecule has 1 aliphatic heterocycles. The fourth-order valence-corrected chi connectivity index (χ4v) is 3.24. The fourth-order valence-electron chi connectivity index (χ4n) is 3.24. The molecule has 5 nitrogen and oxygen atoms in total. The molecule has 2 amide bonds. The zero-order valence-corrected chi connectivity index (χ0v) is 12.5. The van der Waals surface area contributed by atoms with Crippen molar-refractivity contribution in [2.75, 3.05) is 13.1 Å². The first-order chi connectivity index (χ1) is 9.43. The molecule has 2 N–H and O–H groups in total. The lowest BCUT2D eigenvalue weighted by Crippen LogP contribution is -2.46. The molecule has 20 heavy (non-hydrogen) atoms. The zero-order valence-electron chi connectivity index (χ0n) is 12.5. The van der Waals surface area contributed by atoms with E-state index in [9.17, 15) is 9.59 Å². The highest BCUT2D eigenvalue weighted by Crippen LogP contribution is 2.33. The zero-order chi connectivity index (χ0) is 14.8. The third-order valence-electron chi connectivity index (χ3n) is 5.10. The van der Waals surface area contributed by atoms with Crippen LogP contribution in [-0.2, 0) is 4.79 Å². The summed E-state index contributed by atoms with van der Waals surface area (Å²) >= 11 is 0. The minimum atomic E-state index is -0.701. The standard InChI is InChI=1S/C15H26N2O3/c1-3-15(2)8-9-17(10-15)14(20)16-12-6-4-11(5-7-12)13(18)19/h11-12H,3-10H2,1-2H3,(H,16,20)(H,18,19). The molecule has 1 heterocycles. The van der Waals surface area contributed by atoms with Crippen LogP contribution in [0.15, 0.2) is 0 Å². The summed E-state index contributed by atoms with van der Waals surface area (Å²) in [4.78, 5) is 25.0. The molecule has 1 atom stereocenters. The van der Waals surface area contributed by atoms with Crippen molar-refractivity contribution >= 4 is 12.0 Å². The summed E-state index contributed by atoms with van der Waals surface area (Å²) in [6, 6.07) is 0.174. The lowest BCUT2D eigenvalue weighted by molar-refractivity contribution is -0.142. The van der Waals surface area contributed by atoms with Crippen LogP contribution in [0.2, 0.25) is 0 Å². The normalized spacial score (nSPS) is 34.0. The number of carbonyl (C=O) groups is 2. The Labute approximate surface area is 120 Å². The molecule has 2 rings (SSSR count). The smallest absolute Gasteiger partial charge is 0.317 e. The van der Waals surface area contributed by atoms with E-state index in [1.54, 1.807) is 0 Å². The lowest BCUT2D eigenvalue weighted by Gasteiger charge is -2.29. The van der Waals surface area contributed by atoms with Gasteiger partial charge in [0.2, 0.25) is 0 Å². The van der Waals surface area contributed by atoms with E-state index in [0.717, 1.165) is 38.8 Å². The summed E-state index contributed by atoms with van der Waals surface area (Å²) in [7, 11) is 0. The Morgan fingerprint density at radius 3 is 2.45 bits per heavy atom. The molecule has 2 fully saturated rings. The van der Waals surface area contributed by atoms with Gasteiger partial charge in [0.1, 0.15) is 0 Å². The second-order valence-electron chi connectivity index (χ2n) is 6.67. The second kappa shape index (κ2) is 6.02. The van der Waals surface area contributed by atoms with Gasteiger partial charge in [0.25, 0.3) is 0 Å². The maximum absolute atomic E-state index is 12.2. The SMILES string of the molecule is CCC1(C)CCN(C(=O)NC2CCC(C(=O)O)CC2)C1. The van der Waals surface area contributed by atoms with Crippen LogP contribution < -0.4 is 5.32 Å². The van der Waals surface area contributed by atoms with E-state index in [2.05, 4.69) is 19.2 Å². The van der Waals surface area contributed by atoms with Gasteiger partial charge in [0.05, 0.1) is 5.92 Å². The van der Waals surface area contributed by atoms with Crippen molar-refractivity contribution < 1.29 is 14.7 Å². The summed E-state index contributed by atoms with van der Waals surface area (Å²) in [5.74, 6) is -0.925. The van der Waals surface area contributed by atoms with E-state index in [1.165, 1.54) is 0 Å². The molecule has 114 valence electrons. The van der Waals surface area contributed by atoms with Crippen LogP contribution in [0, 0.1) is 11.3 Å². The Balaban J connectivity index is 1.78. The van der Waals surface area contributed by atoms with Gasteiger partial charge < -0.3 is 15.3 Å². The number of carboxylic acid groups (broad SMARTS) is 1. The largest absolute Gasteiger partial charge is 0.481 e. The van der Waals surface area contributed by atoms with E-state index < -0.39 is 5.97 Å². The van der Waals surface area contributed by atoms with Crippen LogP contribution in [0.1, 0.15) is 52.4 Å². The summed E-state index contributed by atoms with van der Waals surface area (Å²) < 4.78 is 0. The highest BCUT2D eigenvalue weighted by atomic mass is 16.4. The Bertz CT molecular complexity index is 377. The third kappa shape index (κ3) is 3.44. The number of likely N-dealkylation sites (tertiary alicyclic amines) is 1. The van der Waals surface area contributed by atoms with Gasteiger partial charge >= 0.3 is 12.0 Å². The quantitative estimate of drug-likeness (QED) is 0.835. The van der Waals surface area contributed by atoms with Crippen molar-refractivity contribution in [3.63, 3.8) is 0 Å². The molecule has 2 aliphatic rings. The van der Waals surface area contributed by atoms with Crippen LogP contribution in [0.25, 0.3) is 0 Å². The number of amides is 2. The highest BCUT2D eigenvalue weighted by Gasteiger charge is 2.35. The highest BCUT2D eigenvalue weighted by molar-refractivity contribution is 5.75. The molecule has 0 radical (unpaired) electrons. The minimum absolute atomic E-state index is 0.0287. The maximum Gasteiger partial charge on any atom is 0.317 e. The molecular formula is C15H26N2O3. The van der Waals surface area contributed by atoms with Crippen molar-refractivity contribution in [2.24, 2.45) is 11.3 Å². The molecule has 5 heteroatoms. The monoisotopic (exact) mass is 282 g/mol. The molecule has 0 aromatic rings. The van der Waals surface area contributed by atoms with Crippen LogP contribution in [0.4, 0.5) is 4.79 Å². The molecule has 0 bridgehead atoms. The second-order valence-corrected chi connectivity index (χ2v) is 6.67. The lowest BCUT2D eigenvalue weighted by atomic mass is 9.86. The topological polar surface area (TPSA) is 69.6 Å². The summed E-state index contributed by atoms with van der Waals surface area (Å²) in [5, 5.41) is 12.0. The molecule has 1 unspecified atom stereocenters. The van der Waals surface area contributed by atoms with Gasteiger partial charge in [-0.15, -0.1) is 0 Å². The summed E-state index contributed by atoms with van der Waals surface area (Å²) in [6.45, 7) is 6.08. The molecule has 0 aromatic heterocycles. The number of nitrogens with one attached hydrogen (secondary N) is 1. The number of rotatable bonds is 3. The number of urea groups is 1. The Hall–Kier alpha value is -1.26. The van der Waals surface area contributed by atoms with E-state index in [0.29, 0.717) is 12.8 Å². The van der Waals surface area contributed by atoms with E-state index in [-0.39, 0.29) is 23.4 Å². The van der Waals surface area contributed by atoms with Gasteiger partial charge in [-0.25, -0.2) is 4.79 Å². The van der Waals surface area contributed by atoms with Crippen LogP contribution in [-0.4, -0.2) is 41.1 Å². The number of hydrogen-bond acceptors (Lipinski definition) is 2. The third-order valence-corrected chi connectivity index (χ3v) is 5.10. The van der Waals surface area contributed by atoms with E-state index in [4.69, 9.17) is 5.11 Å². The van der Waals surface area contributed by atoms with Gasteiger partial charge in [0.15, 0.2) is 0 Å². The van der Waals surface area contributed by atoms with Crippen molar-refractivity contribution in [3.8, 4) is 0 Å². The van der Waals surface area contributed by atoms with Crippen molar-refractivity contribution in [3.05, 3.63) is 0 Å². The molecule has 0 spiro atoms. The van der Waals surface area contributed by atoms with Gasteiger partial charge in [-0.1, -0.05) is 13.8 Å².